The number of hydrogen-bond donors (Lipinski definition) is 1. The van der Waals surface area contributed by atoms with E-state index in [2.05, 4.69) is 5.32 Å². The molecule has 3 aromatic rings. The SMILES string of the molecule is Cc1cccc(CN(C(=O)CCCN(c2ccc3c(c2)OCO3)S(C)(=O)=O)C(Cc2ccccc2)C(=O)NC2CCCC2)c1. The summed E-state index contributed by atoms with van der Waals surface area (Å²) in [6.45, 7) is 2.45. The predicted molar refractivity (Wildman–Crippen MR) is 170 cm³/mol. The van der Waals surface area contributed by atoms with Gasteiger partial charge in [-0.3, -0.25) is 13.9 Å². The van der Waals surface area contributed by atoms with E-state index in [0.717, 1.165) is 48.6 Å². The van der Waals surface area contributed by atoms with Crippen LogP contribution in [0.3, 0.4) is 0 Å². The van der Waals surface area contributed by atoms with Gasteiger partial charge in [0.05, 0.1) is 11.9 Å². The number of hydrogen-bond acceptors (Lipinski definition) is 6. The smallest absolute Gasteiger partial charge is 0.243 e. The number of carbonyl (C=O) groups is 2. The zero-order valence-electron chi connectivity index (χ0n) is 25.4. The van der Waals surface area contributed by atoms with E-state index < -0.39 is 16.1 Å². The van der Waals surface area contributed by atoms with Gasteiger partial charge in [0, 0.05) is 38.0 Å². The minimum absolute atomic E-state index is 0.0738. The first-order chi connectivity index (χ1) is 21.2. The zero-order chi connectivity index (χ0) is 31.1. The van der Waals surface area contributed by atoms with Crippen LogP contribution in [-0.4, -0.2) is 56.8 Å². The Morgan fingerprint density at radius 3 is 2.39 bits per heavy atom. The first kappa shape index (κ1) is 31.4. The molecule has 3 aromatic carbocycles. The van der Waals surface area contributed by atoms with Gasteiger partial charge in [0.25, 0.3) is 0 Å². The minimum Gasteiger partial charge on any atom is -0.454 e. The van der Waals surface area contributed by atoms with Crippen LogP contribution in [-0.2, 0) is 32.6 Å². The third-order valence-electron chi connectivity index (χ3n) is 8.20. The van der Waals surface area contributed by atoms with E-state index in [-0.39, 0.29) is 50.6 Å². The number of sulfonamides is 1. The Bertz CT molecular complexity index is 1560. The Labute approximate surface area is 260 Å². The third-order valence-corrected chi connectivity index (χ3v) is 9.40. The van der Waals surface area contributed by atoms with Crippen LogP contribution in [0.1, 0.15) is 55.2 Å². The Hall–Kier alpha value is -4.05. The van der Waals surface area contributed by atoms with Gasteiger partial charge in [-0.15, -0.1) is 0 Å². The molecule has 1 aliphatic carbocycles. The lowest BCUT2D eigenvalue weighted by molar-refractivity contribution is -0.141. The number of nitrogens with zero attached hydrogens (tertiary/aromatic N) is 2. The molecule has 0 saturated heterocycles. The number of rotatable bonds is 13. The van der Waals surface area contributed by atoms with Gasteiger partial charge in [-0.05, 0) is 49.4 Å². The predicted octanol–water partition coefficient (Wildman–Crippen LogP) is 4.97. The van der Waals surface area contributed by atoms with Crippen molar-refractivity contribution in [3.8, 4) is 11.5 Å². The summed E-state index contributed by atoms with van der Waals surface area (Å²) in [6.07, 6.45) is 5.92. The summed E-state index contributed by atoms with van der Waals surface area (Å²) >= 11 is 0. The molecule has 5 rings (SSSR count). The molecule has 9 nitrogen and oxygen atoms in total. The number of nitrogens with one attached hydrogen (secondary N) is 1. The maximum absolute atomic E-state index is 14.1. The van der Waals surface area contributed by atoms with E-state index in [4.69, 9.17) is 9.47 Å². The highest BCUT2D eigenvalue weighted by Gasteiger charge is 2.32. The molecule has 10 heteroatoms. The summed E-state index contributed by atoms with van der Waals surface area (Å²) in [5.74, 6) is 0.686. The molecule has 1 fully saturated rings. The van der Waals surface area contributed by atoms with Gasteiger partial charge in [-0.1, -0.05) is 73.0 Å². The molecule has 0 spiro atoms. The second-order valence-electron chi connectivity index (χ2n) is 11.7. The van der Waals surface area contributed by atoms with E-state index in [0.29, 0.717) is 23.6 Å². The van der Waals surface area contributed by atoms with Gasteiger partial charge in [0.15, 0.2) is 11.5 Å². The molecule has 1 heterocycles. The van der Waals surface area contributed by atoms with E-state index in [1.807, 2.05) is 61.5 Å². The van der Waals surface area contributed by atoms with Crippen LogP contribution < -0.4 is 19.1 Å². The van der Waals surface area contributed by atoms with Crippen molar-refractivity contribution in [1.82, 2.24) is 10.2 Å². The number of benzene rings is 3. The number of fused-ring (bicyclic) bond motifs is 1. The monoisotopic (exact) mass is 619 g/mol. The van der Waals surface area contributed by atoms with E-state index in [1.54, 1.807) is 23.1 Å². The molecular formula is C34H41N3O6S. The summed E-state index contributed by atoms with van der Waals surface area (Å²) in [6, 6.07) is 22.1. The lowest BCUT2D eigenvalue weighted by Crippen LogP contribution is -2.52. The molecule has 2 amide bonds. The van der Waals surface area contributed by atoms with Crippen LogP contribution in [0.25, 0.3) is 0 Å². The van der Waals surface area contributed by atoms with Gasteiger partial charge in [0.1, 0.15) is 6.04 Å². The van der Waals surface area contributed by atoms with Crippen molar-refractivity contribution in [3.63, 3.8) is 0 Å². The maximum atomic E-state index is 14.1. The standard InChI is InChI=1S/C34H41N3O6S/c1-25-10-8-13-27(20-25)23-36(30(21-26-11-4-3-5-12-26)34(39)35-28-14-6-7-15-28)33(38)16-9-19-37(44(2,40)41)29-17-18-31-32(22-29)43-24-42-31/h3-5,8,10-13,17-18,20,22,28,30H,6-7,9,14-16,19,21,23-24H2,1-2H3,(H,35,39). The van der Waals surface area contributed by atoms with Gasteiger partial charge < -0.3 is 19.7 Å². The number of aryl methyl sites for hydroxylation is 1. The fourth-order valence-electron chi connectivity index (χ4n) is 5.97. The van der Waals surface area contributed by atoms with E-state index >= 15 is 0 Å². The summed E-state index contributed by atoms with van der Waals surface area (Å²) in [5, 5.41) is 3.23. The minimum atomic E-state index is -3.64. The van der Waals surface area contributed by atoms with Crippen LogP contribution in [0.2, 0.25) is 0 Å². The van der Waals surface area contributed by atoms with Crippen molar-refractivity contribution in [2.45, 2.75) is 70.5 Å². The molecule has 0 bridgehead atoms. The summed E-state index contributed by atoms with van der Waals surface area (Å²) in [7, 11) is -3.64. The average Bonchev–Trinajstić information content (AvgIpc) is 3.69. The van der Waals surface area contributed by atoms with Crippen LogP contribution >= 0.6 is 0 Å². The highest BCUT2D eigenvalue weighted by atomic mass is 32.2. The molecule has 44 heavy (non-hydrogen) atoms. The van der Waals surface area contributed by atoms with Gasteiger partial charge in [-0.25, -0.2) is 8.42 Å². The largest absolute Gasteiger partial charge is 0.454 e. The third kappa shape index (κ3) is 8.11. The Morgan fingerprint density at radius 2 is 1.66 bits per heavy atom. The van der Waals surface area contributed by atoms with E-state index in [1.165, 1.54) is 4.31 Å². The molecule has 1 aliphatic heterocycles. The lowest BCUT2D eigenvalue weighted by Gasteiger charge is -2.33. The normalized spacial score (nSPS) is 15.1. The van der Waals surface area contributed by atoms with Crippen molar-refractivity contribution in [2.75, 3.05) is 23.9 Å². The van der Waals surface area contributed by atoms with Gasteiger partial charge in [0.2, 0.25) is 28.6 Å². The summed E-state index contributed by atoms with van der Waals surface area (Å²) < 4.78 is 37.7. The van der Waals surface area contributed by atoms with Gasteiger partial charge in [-0.2, -0.15) is 0 Å². The number of carbonyl (C=O) groups excluding carboxylic acids is 2. The molecule has 1 N–H and O–H groups in total. The van der Waals surface area contributed by atoms with Crippen molar-refractivity contribution in [1.29, 1.82) is 0 Å². The van der Waals surface area contributed by atoms with Crippen LogP contribution in [0, 0.1) is 6.92 Å². The maximum Gasteiger partial charge on any atom is 0.243 e. The summed E-state index contributed by atoms with van der Waals surface area (Å²) in [5.41, 5.74) is 3.41. The highest BCUT2D eigenvalue weighted by Crippen LogP contribution is 2.36. The van der Waals surface area contributed by atoms with Crippen LogP contribution in [0.4, 0.5) is 5.69 Å². The topological polar surface area (TPSA) is 105 Å². The Kier molecular flexibility index (Phi) is 10.1. The second-order valence-corrected chi connectivity index (χ2v) is 13.6. The molecule has 0 radical (unpaired) electrons. The molecule has 2 aliphatic rings. The van der Waals surface area contributed by atoms with Crippen molar-refractivity contribution in [3.05, 3.63) is 89.5 Å². The van der Waals surface area contributed by atoms with E-state index in [9.17, 15) is 18.0 Å². The second kappa shape index (κ2) is 14.2. The lowest BCUT2D eigenvalue weighted by atomic mass is 10.0. The molecule has 0 aromatic heterocycles. The molecule has 1 atom stereocenters. The molecular weight excluding hydrogens is 578 g/mol. The number of anilines is 1. The molecule has 1 saturated carbocycles. The number of amides is 2. The highest BCUT2D eigenvalue weighted by molar-refractivity contribution is 7.92. The molecule has 234 valence electrons. The fourth-order valence-corrected chi connectivity index (χ4v) is 6.93. The first-order valence-electron chi connectivity index (χ1n) is 15.2. The summed E-state index contributed by atoms with van der Waals surface area (Å²) in [4.78, 5) is 29.6. The quantitative estimate of drug-likeness (QED) is 0.290. The molecule has 1 unspecified atom stereocenters. The Balaban J connectivity index is 1.38. The number of ether oxygens (including phenoxy) is 2. The average molecular weight is 620 g/mol. The fraction of sp³-hybridized carbons (Fsp3) is 0.412. The van der Waals surface area contributed by atoms with Crippen LogP contribution in [0.5, 0.6) is 11.5 Å². The van der Waals surface area contributed by atoms with Crippen LogP contribution in [0.15, 0.2) is 72.8 Å². The first-order valence-corrected chi connectivity index (χ1v) is 17.1. The van der Waals surface area contributed by atoms with Crippen molar-refractivity contribution < 1.29 is 27.5 Å². The van der Waals surface area contributed by atoms with Crippen molar-refractivity contribution >= 4 is 27.5 Å². The zero-order valence-corrected chi connectivity index (χ0v) is 26.2. The van der Waals surface area contributed by atoms with Crippen molar-refractivity contribution in [2.24, 2.45) is 0 Å². The van der Waals surface area contributed by atoms with Gasteiger partial charge >= 0.3 is 0 Å². The Morgan fingerprint density at radius 1 is 0.932 bits per heavy atom.